The number of benzene rings is 2. The second kappa shape index (κ2) is 7.72. The predicted octanol–water partition coefficient (Wildman–Crippen LogP) is 4.93. The standard InChI is InChI=1S/C21H20FN3O3/c22-13-9-11-15(12-10-13)24-21(27)25-19-18(23-14-5-1-2-6-14)16-7-3-4-8-17(16)28-20(19)26/h3-4,7-12,14,23H,1-2,5-6H2,(H2,24,25,27). The van der Waals surface area contributed by atoms with Crippen LogP contribution < -0.4 is 21.6 Å². The number of hydrogen-bond acceptors (Lipinski definition) is 4. The first-order chi connectivity index (χ1) is 13.6. The van der Waals surface area contributed by atoms with Crippen molar-refractivity contribution < 1.29 is 13.6 Å². The number of rotatable bonds is 4. The van der Waals surface area contributed by atoms with Gasteiger partial charge in [-0.3, -0.25) is 5.32 Å². The first-order valence-corrected chi connectivity index (χ1v) is 9.26. The van der Waals surface area contributed by atoms with Crippen molar-refractivity contribution in [3.8, 4) is 0 Å². The Bertz CT molecular complexity index is 1060. The molecule has 4 rings (SSSR count). The van der Waals surface area contributed by atoms with E-state index >= 15 is 0 Å². The van der Waals surface area contributed by atoms with Crippen molar-refractivity contribution in [2.24, 2.45) is 0 Å². The molecule has 1 fully saturated rings. The lowest BCUT2D eigenvalue weighted by molar-refractivity contribution is 0.262. The van der Waals surface area contributed by atoms with Gasteiger partial charge in [0.15, 0.2) is 5.69 Å². The summed E-state index contributed by atoms with van der Waals surface area (Å²) in [5.74, 6) is -0.399. The molecule has 0 radical (unpaired) electrons. The third-order valence-electron chi connectivity index (χ3n) is 4.86. The maximum Gasteiger partial charge on any atom is 0.362 e. The van der Waals surface area contributed by atoms with Crippen LogP contribution in [0, 0.1) is 5.82 Å². The van der Waals surface area contributed by atoms with E-state index in [0.717, 1.165) is 31.1 Å². The molecule has 0 bridgehead atoms. The van der Waals surface area contributed by atoms with Crippen molar-refractivity contribution in [2.75, 3.05) is 16.0 Å². The Morgan fingerprint density at radius 3 is 2.43 bits per heavy atom. The van der Waals surface area contributed by atoms with E-state index in [0.29, 0.717) is 17.0 Å². The quantitative estimate of drug-likeness (QED) is 0.560. The van der Waals surface area contributed by atoms with Crippen LogP contribution in [-0.2, 0) is 0 Å². The maximum absolute atomic E-state index is 13.0. The number of carbonyl (C=O) groups excluding carboxylic acids is 1. The normalized spacial score (nSPS) is 14.2. The van der Waals surface area contributed by atoms with Crippen molar-refractivity contribution >= 4 is 34.1 Å². The maximum atomic E-state index is 13.0. The summed E-state index contributed by atoms with van der Waals surface area (Å²) in [6, 6.07) is 12.2. The van der Waals surface area contributed by atoms with Crippen LogP contribution in [0.25, 0.3) is 11.0 Å². The Morgan fingerprint density at radius 1 is 0.964 bits per heavy atom. The molecule has 28 heavy (non-hydrogen) atoms. The summed E-state index contributed by atoms with van der Waals surface area (Å²) in [7, 11) is 0. The van der Waals surface area contributed by atoms with Crippen LogP contribution >= 0.6 is 0 Å². The molecule has 1 aromatic heterocycles. The zero-order chi connectivity index (χ0) is 19.5. The van der Waals surface area contributed by atoms with Crippen LogP contribution in [-0.4, -0.2) is 12.1 Å². The molecule has 1 aliphatic carbocycles. The van der Waals surface area contributed by atoms with Crippen LogP contribution in [0.4, 0.5) is 26.2 Å². The Hall–Kier alpha value is -3.35. The van der Waals surface area contributed by atoms with Gasteiger partial charge < -0.3 is 15.1 Å². The van der Waals surface area contributed by atoms with Gasteiger partial charge >= 0.3 is 11.7 Å². The summed E-state index contributed by atoms with van der Waals surface area (Å²) in [6.07, 6.45) is 4.28. The highest BCUT2D eigenvalue weighted by atomic mass is 19.1. The van der Waals surface area contributed by atoms with E-state index < -0.39 is 17.5 Å². The van der Waals surface area contributed by atoms with E-state index in [2.05, 4.69) is 16.0 Å². The van der Waals surface area contributed by atoms with Gasteiger partial charge in [0.05, 0.1) is 5.69 Å². The average molecular weight is 381 g/mol. The molecule has 0 saturated heterocycles. The average Bonchev–Trinajstić information content (AvgIpc) is 3.19. The Labute approximate surface area is 160 Å². The molecule has 2 aromatic carbocycles. The molecule has 7 heteroatoms. The molecule has 0 atom stereocenters. The van der Waals surface area contributed by atoms with Gasteiger partial charge in [-0.05, 0) is 49.2 Å². The fourth-order valence-corrected chi connectivity index (χ4v) is 3.50. The molecule has 0 spiro atoms. The van der Waals surface area contributed by atoms with Gasteiger partial charge in [0, 0.05) is 17.1 Å². The fraction of sp³-hybridized carbons (Fsp3) is 0.238. The highest BCUT2D eigenvalue weighted by molar-refractivity contribution is 6.05. The lowest BCUT2D eigenvalue weighted by atomic mass is 10.1. The summed E-state index contributed by atoms with van der Waals surface area (Å²) in [4.78, 5) is 25.0. The van der Waals surface area contributed by atoms with E-state index in [1.54, 1.807) is 12.1 Å². The highest BCUT2D eigenvalue weighted by Crippen LogP contribution is 2.32. The van der Waals surface area contributed by atoms with Crippen molar-refractivity contribution in [1.82, 2.24) is 0 Å². The largest absolute Gasteiger partial charge is 0.421 e. The fourth-order valence-electron chi connectivity index (χ4n) is 3.50. The minimum atomic E-state index is -0.631. The summed E-state index contributed by atoms with van der Waals surface area (Å²) in [5.41, 5.74) is 0.860. The van der Waals surface area contributed by atoms with Gasteiger partial charge in [0.2, 0.25) is 0 Å². The predicted molar refractivity (Wildman–Crippen MR) is 107 cm³/mol. The van der Waals surface area contributed by atoms with E-state index in [1.165, 1.54) is 24.3 Å². The van der Waals surface area contributed by atoms with Crippen LogP contribution in [0.1, 0.15) is 25.7 Å². The van der Waals surface area contributed by atoms with Gasteiger partial charge in [0.25, 0.3) is 0 Å². The van der Waals surface area contributed by atoms with Crippen LogP contribution in [0.5, 0.6) is 0 Å². The molecule has 6 nitrogen and oxygen atoms in total. The topological polar surface area (TPSA) is 83.4 Å². The number of hydrogen-bond donors (Lipinski definition) is 3. The van der Waals surface area contributed by atoms with Gasteiger partial charge in [-0.25, -0.2) is 14.0 Å². The minimum Gasteiger partial charge on any atom is -0.421 e. The van der Waals surface area contributed by atoms with Gasteiger partial charge in [-0.15, -0.1) is 0 Å². The first-order valence-electron chi connectivity index (χ1n) is 9.26. The summed E-state index contributed by atoms with van der Waals surface area (Å²) < 4.78 is 18.4. The Morgan fingerprint density at radius 2 is 1.68 bits per heavy atom. The molecule has 2 amide bonds. The number of amides is 2. The van der Waals surface area contributed by atoms with E-state index in [9.17, 15) is 14.0 Å². The SMILES string of the molecule is O=C(Nc1ccc(F)cc1)Nc1c(NC2CCCC2)c2ccccc2oc1=O. The lowest BCUT2D eigenvalue weighted by Gasteiger charge is -2.18. The number of anilines is 3. The third kappa shape index (κ3) is 3.83. The Balaban J connectivity index is 1.66. The second-order valence-electron chi connectivity index (χ2n) is 6.85. The zero-order valence-electron chi connectivity index (χ0n) is 15.1. The highest BCUT2D eigenvalue weighted by Gasteiger charge is 2.21. The third-order valence-corrected chi connectivity index (χ3v) is 4.86. The zero-order valence-corrected chi connectivity index (χ0v) is 15.1. The molecule has 3 aromatic rings. The van der Waals surface area contributed by atoms with Crippen molar-refractivity contribution in [3.63, 3.8) is 0 Å². The molecule has 0 unspecified atom stereocenters. The number of carbonyl (C=O) groups is 1. The van der Waals surface area contributed by atoms with Crippen LogP contribution in [0.2, 0.25) is 0 Å². The van der Waals surface area contributed by atoms with Crippen molar-refractivity contribution in [3.05, 3.63) is 64.8 Å². The monoisotopic (exact) mass is 381 g/mol. The smallest absolute Gasteiger partial charge is 0.362 e. The minimum absolute atomic E-state index is 0.0604. The lowest BCUT2D eigenvalue weighted by Crippen LogP contribution is -2.26. The summed E-state index contributed by atoms with van der Waals surface area (Å²) >= 11 is 0. The molecule has 1 heterocycles. The first kappa shape index (κ1) is 18.0. The van der Waals surface area contributed by atoms with Crippen molar-refractivity contribution in [1.29, 1.82) is 0 Å². The van der Waals surface area contributed by atoms with E-state index in [4.69, 9.17) is 4.42 Å². The number of halogens is 1. The van der Waals surface area contributed by atoms with Crippen molar-refractivity contribution in [2.45, 2.75) is 31.7 Å². The van der Waals surface area contributed by atoms with E-state index in [-0.39, 0.29) is 11.7 Å². The van der Waals surface area contributed by atoms with Gasteiger partial charge in [-0.2, -0.15) is 0 Å². The molecule has 144 valence electrons. The summed E-state index contributed by atoms with van der Waals surface area (Å²) in [6.45, 7) is 0. The van der Waals surface area contributed by atoms with Crippen LogP contribution in [0.15, 0.2) is 57.7 Å². The second-order valence-corrected chi connectivity index (χ2v) is 6.85. The number of fused-ring (bicyclic) bond motifs is 1. The molecule has 3 N–H and O–H groups in total. The molecule has 1 saturated carbocycles. The number of para-hydroxylation sites is 1. The van der Waals surface area contributed by atoms with Gasteiger partial charge in [-0.1, -0.05) is 25.0 Å². The summed E-state index contributed by atoms with van der Waals surface area (Å²) in [5, 5.41) is 9.33. The molecular formula is C21H20FN3O3. The van der Waals surface area contributed by atoms with E-state index in [1.807, 2.05) is 12.1 Å². The number of nitrogens with one attached hydrogen (secondary N) is 3. The molecule has 0 aliphatic heterocycles. The molecule has 1 aliphatic rings. The number of urea groups is 1. The van der Waals surface area contributed by atoms with Gasteiger partial charge in [0.1, 0.15) is 11.4 Å². The van der Waals surface area contributed by atoms with Crippen LogP contribution in [0.3, 0.4) is 0 Å². The molecular weight excluding hydrogens is 361 g/mol. The Kier molecular flexibility index (Phi) is 4.97.